The molecular weight excluding hydrogens is 593 g/mol. The van der Waals surface area contributed by atoms with E-state index in [2.05, 4.69) is 0 Å². The molecular formula is C21H9B3Cl6O6. The Morgan fingerprint density at radius 2 is 0.722 bits per heavy atom. The molecule has 0 saturated carbocycles. The molecule has 1 heterocycles. The van der Waals surface area contributed by atoms with E-state index >= 15 is 0 Å². The van der Waals surface area contributed by atoms with E-state index in [0.29, 0.717) is 16.4 Å². The fourth-order valence-electron chi connectivity index (χ4n) is 3.49. The summed E-state index contributed by atoms with van der Waals surface area (Å²) in [5.74, 6) is 0. The van der Waals surface area contributed by atoms with E-state index in [-0.39, 0.29) is 31.8 Å². The van der Waals surface area contributed by atoms with Crippen molar-refractivity contribution in [2.45, 2.75) is 0 Å². The van der Waals surface area contributed by atoms with Crippen LogP contribution in [0.5, 0.6) is 0 Å². The summed E-state index contributed by atoms with van der Waals surface area (Å²) in [5.41, 5.74) is 1.37. The van der Waals surface area contributed by atoms with Gasteiger partial charge < -0.3 is 13.7 Å². The fraction of sp³-hybridized carbons (Fsp3) is 0. The van der Waals surface area contributed by atoms with Crippen LogP contribution in [-0.4, -0.2) is 37.1 Å². The summed E-state index contributed by atoms with van der Waals surface area (Å²) in [6.07, 6.45) is 0. The van der Waals surface area contributed by atoms with Crippen molar-refractivity contribution >= 4 is 123 Å². The first-order chi connectivity index (χ1) is 17.0. The first-order valence-electron chi connectivity index (χ1n) is 9.97. The molecule has 1 aliphatic heterocycles. The smallest absolute Gasteiger partial charge is 0.445 e. The minimum absolute atomic E-state index is 0.113. The van der Waals surface area contributed by atoms with E-state index in [1.807, 2.05) is 0 Å². The molecule has 1 aliphatic rings. The highest BCUT2D eigenvalue weighted by Gasteiger charge is 2.44. The van der Waals surface area contributed by atoms with Gasteiger partial charge in [-0.25, -0.2) is 0 Å². The molecule has 1 fully saturated rings. The summed E-state index contributed by atoms with van der Waals surface area (Å²) in [6, 6.07) is 13.1. The van der Waals surface area contributed by atoms with Gasteiger partial charge in [-0.1, -0.05) is 53.0 Å². The quantitative estimate of drug-likeness (QED) is 0.309. The second-order valence-corrected chi connectivity index (χ2v) is 9.88. The van der Waals surface area contributed by atoms with Crippen molar-refractivity contribution < 1.29 is 28.1 Å². The zero-order valence-corrected chi connectivity index (χ0v) is 22.2. The van der Waals surface area contributed by atoms with Crippen molar-refractivity contribution in [1.29, 1.82) is 0 Å². The molecule has 3 aromatic rings. The van der Waals surface area contributed by atoms with Crippen LogP contribution in [0.1, 0.15) is 31.1 Å². The van der Waals surface area contributed by atoms with Crippen LogP contribution in [0.15, 0.2) is 54.6 Å². The van der Waals surface area contributed by atoms with E-state index in [9.17, 15) is 14.4 Å². The zero-order valence-electron chi connectivity index (χ0n) is 17.6. The normalized spacial score (nSPS) is 13.7. The lowest BCUT2D eigenvalue weighted by Gasteiger charge is -2.32. The monoisotopic (exact) mass is 600 g/mol. The van der Waals surface area contributed by atoms with Crippen molar-refractivity contribution in [1.82, 2.24) is 0 Å². The first-order valence-corrected chi connectivity index (χ1v) is 12.2. The van der Waals surface area contributed by atoms with E-state index in [1.54, 1.807) is 0 Å². The summed E-state index contributed by atoms with van der Waals surface area (Å²) in [6.45, 7) is 0. The Morgan fingerprint density at radius 3 is 0.944 bits per heavy atom. The molecule has 1 saturated heterocycles. The van der Waals surface area contributed by atoms with Crippen LogP contribution in [0.2, 0.25) is 15.1 Å². The predicted octanol–water partition coefficient (Wildman–Crippen LogP) is 4.33. The Hall–Kier alpha value is -1.52. The Balaban J connectivity index is 1.81. The van der Waals surface area contributed by atoms with Crippen molar-refractivity contribution in [3.63, 3.8) is 0 Å². The molecule has 0 aromatic heterocycles. The van der Waals surface area contributed by atoms with Crippen LogP contribution in [-0.2, 0) is 13.7 Å². The topological polar surface area (TPSA) is 78.9 Å². The van der Waals surface area contributed by atoms with Crippen molar-refractivity contribution in [2.24, 2.45) is 0 Å². The van der Waals surface area contributed by atoms with Gasteiger partial charge in [-0.2, -0.15) is 0 Å². The number of hydrogen-bond donors (Lipinski definition) is 0. The van der Waals surface area contributed by atoms with Crippen LogP contribution in [0.25, 0.3) is 0 Å². The second kappa shape index (κ2) is 11.5. The summed E-state index contributed by atoms with van der Waals surface area (Å²) < 4.78 is 18.0. The molecule has 6 nitrogen and oxygen atoms in total. The van der Waals surface area contributed by atoms with Crippen molar-refractivity contribution in [3.8, 4) is 0 Å². The number of benzene rings is 3. The molecule has 0 N–H and O–H groups in total. The summed E-state index contributed by atoms with van der Waals surface area (Å²) in [7, 11) is -3.44. The average molecular weight is 602 g/mol. The number of rotatable bonds is 6. The molecule has 0 spiro atoms. The van der Waals surface area contributed by atoms with Gasteiger partial charge in [-0.05, 0) is 87.6 Å². The van der Waals surface area contributed by atoms with Crippen LogP contribution in [0, 0.1) is 0 Å². The Morgan fingerprint density at radius 1 is 0.472 bits per heavy atom. The highest BCUT2D eigenvalue weighted by molar-refractivity contribution is 6.87. The Kier molecular flexibility index (Phi) is 8.77. The van der Waals surface area contributed by atoms with Crippen molar-refractivity contribution in [2.75, 3.05) is 0 Å². The van der Waals surface area contributed by atoms with Crippen LogP contribution in [0.3, 0.4) is 0 Å². The molecule has 0 atom stereocenters. The molecule has 15 heteroatoms. The molecule has 0 unspecified atom stereocenters. The second-order valence-electron chi connectivity index (χ2n) is 7.54. The first kappa shape index (κ1) is 27.5. The Bertz CT molecular complexity index is 1220. The van der Waals surface area contributed by atoms with Gasteiger partial charge in [0, 0.05) is 31.8 Å². The minimum Gasteiger partial charge on any atom is -0.445 e. The fourth-order valence-corrected chi connectivity index (χ4v) is 4.55. The van der Waals surface area contributed by atoms with Crippen LogP contribution in [0.4, 0.5) is 0 Å². The largest absolute Gasteiger partial charge is 0.467 e. The highest BCUT2D eigenvalue weighted by atomic mass is 35.5. The number of carbonyl (C=O) groups is 3. The predicted molar refractivity (Wildman–Crippen MR) is 144 cm³/mol. The molecule has 36 heavy (non-hydrogen) atoms. The standard InChI is InChI=1S/C21H9B3Cl6O6/c25-16-4-10(19(28)31)1-13(7-16)22-34-23(14-2-11(20(29)32)5-17(26)8-14)36-24(35-22)15-3-12(21(30)33)6-18(27)9-15/h1-9H. The summed E-state index contributed by atoms with van der Waals surface area (Å²) in [5, 5.41) is -1.59. The summed E-state index contributed by atoms with van der Waals surface area (Å²) in [4.78, 5) is 35.3. The lowest BCUT2D eigenvalue weighted by atomic mass is 9.61. The molecule has 4 rings (SSSR count). The van der Waals surface area contributed by atoms with Gasteiger partial charge in [0.1, 0.15) is 0 Å². The summed E-state index contributed by atoms with van der Waals surface area (Å²) >= 11 is 35.5. The van der Waals surface area contributed by atoms with Gasteiger partial charge in [-0.3, -0.25) is 14.4 Å². The number of halogens is 6. The van der Waals surface area contributed by atoms with Crippen LogP contribution >= 0.6 is 69.6 Å². The third kappa shape index (κ3) is 6.48. The van der Waals surface area contributed by atoms with Gasteiger partial charge in [0.05, 0.1) is 0 Å². The third-order valence-electron chi connectivity index (χ3n) is 5.00. The maximum absolute atomic E-state index is 11.8. The SMILES string of the molecule is O=C(Cl)c1cc(Cl)cc(B2OB(c3cc(Cl)cc(C(=O)Cl)c3)OB(c3cc(Cl)cc(C(=O)Cl)c3)O2)c1. The molecule has 0 aliphatic carbocycles. The molecule has 180 valence electrons. The van der Waals surface area contributed by atoms with E-state index in [0.717, 1.165) is 0 Å². The van der Waals surface area contributed by atoms with E-state index in [4.69, 9.17) is 83.3 Å². The van der Waals surface area contributed by atoms with Gasteiger partial charge in [0.2, 0.25) is 0 Å². The van der Waals surface area contributed by atoms with Gasteiger partial charge in [-0.15, -0.1) is 0 Å². The van der Waals surface area contributed by atoms with Crippen molar-refractivity contribution in [3.05, 3.63) is 86.4 Å². The molecule has 0 amide bonds. The minimum atomic E-state index is -1.15. The average Bonchev–Trinajstić information content (AvgIpc) is 2.82. The number of carbonyl (C=O) groups excluding carboxylic acids is 3. The van der Waals surface area contributed by atoms with E-state index in [1.165, 1.54) is 54.6 Å². The highest BCUT2D eigenvalue weighted by Crippen LogP contribution is 2.19. The van der Waals surface area contributed by atoms with E-state index < -0.39 is 37.1 Å². The molecule has 0 bridgehead atoms. The lowest BCUT2D eigenvalue weighted by Crippen LogP contribution is -2.61. The maximum Gasteiger partial charge on any atom is 0.467 e. The van der Waals surface area contributed by atoms with Gasteiger partial charge >= 0.3 is 21.4 Å². The molecule has 3 aromatic carbocycles. The number of hydrogen-bond acceptors (Lipinski definition) is 6. The van der Waals surface area contributed by atoms with Gasteiger partial charge in [0.15, 0.2) is 0 Å². The maximum atomic E-state index is 11.8. The Labute approximate surface area is 236 Å². The molecule has 0 radical (unpaired) electrons. The lowest BCUT2D eigenvalue weighted by molar-refractivity contribution is 0.107. The zero-order chi connectivity index (χ0) is 26.1. The van der Waals surface area contributed by atoms with Crippen LogP contribution < -0.4 is 16.4 Å². The third-order valence-corrected chi connectivity index (χ3v) is 6.31. The van der Waals surface area contributed by atoms with Gasteiger partial charge in [0.25, 0.3) is 15.7 Å².